The third-order valence-corrected chi connectivity index (χ3v) is 4.85. The number of aryl methyl sites for hydroxylation is 1. The molecule has 3 rings (SSSR count). The van der Waals surface area contributed by atoms with Gasteiger partial charge in [-0.25, -0.2) is 4.39 Å². The molecule has 0 spiro atoms. The molecule has 0 radical (unpaired) electrons. The van der Waals surface area contributed by atoms with Crippen molar-refractivity contribution in [1.82, 2.24) is 4.98 Å². The maximum atomic E-state index is 14.2. The van der Waals surface area contributed by atoms with Gasteiger partial charge in [0.25, 0.3) is 0 Å². The highest BCUT2D eigenvalue weighted by atomic mass is 35.5. The van der Waals surface area contributed by atoms with Gasteiger partial charge in [0.1, 0.15) is 5.82 Å². The highest BCUT2D eigenvalue weighted by molar-refractivity contribution is 7.78. The number of hydrogen-bond acceptors (Lipinski definition) is 3. The first-order chi connectivity index (χ1) is 12.0. The van der Waals surface area contributed by atoms with Gasteiger partial charge in [-0.2, -0.15) is 0 Å². The van der Waals surface area contributed by atoms with Crippen LogP contribution in [0.2, 0.25) is 5.02 Å². The van der Waals surface area contributed by atoms with Crippen LogP contribution in [-0.4, -0.2) is 13.7 Å². The summed E-state index contributed by atoms with van der Waals surface area (Å²) in [6.07, 6.45) is 1.64. The molecule has 128 valence electrons. The topological polar surface area (TPSA) is 53.0 Å². The zero-order chi connectivity index (χ0) is 18.0. The summed E-state index contributed by atoms with van der Waals surface area (Å²) in [6.45, 7) is 1.92. The van der Waals surface area contributed by atoms with Crippen LogP contribution in [0.25, 0.3) is 22.4 Å². The fourth-order valence-electron chi connectivity index (χ4n) is 2.62. The van der Waals surface area contributed by atoms with Crippen molar-refractivity contribution < 1.29 is 13.2 Å². The van der Waals surface area contributed by atoms with E-state index in [1.807, 2.05) is 37.3 Å². The third kappa shape index (κ3) is 3.95. The highest BCUT2D eigenvalue weighted by Crippen LogP contribution is 2.32. The van der Waals surface area contributed by atoms with Crippen LogP contribution >= 0.6 is 11.6 Å². The molecule has 0 amide bonds. The Bertz CT molecular complexity index is 962. The van der Waals surface area contributed by atoms with Crippen molar-refractivity contribution in [3.63, 3.8) is 0 Å². The lowest BCUT2D eigenvalue weighted by Gasteiger charge is -2.12. The minimum absolute atomic E-state index is 0.136. The number of nitrogens with zero attached hydrogens (tertiary/aromatic N) is 1. The molecule has 25 heavy (non-hydrogen) atoms. The van der Waals surface area contributed by atoms with E-state index in [4.69, 9.17) is 11.6 Å². The maximum Gasteiger partial charge on any atom is 0.127 e. The summed E-state index contributed by atoms with van der Waals surface area (Å²) in [4.78, 5) is 4.39. The lowest BCUT2D eigenvalue weighted by molar-refractivity contribution is 0.533. The zero-order valence-electron chi connectivity index (χ0n) is 13.3. The van der Waals surface area contributed by atoms with Gasteiger partial charge in [-0.05, 0) is 47.9 Å². The van der Waals surface area contributed by atoms with Crippen molar-refractivity contribution in [2.45, 2.75) is 12.7 Å². The molecular weight excluding hydrogens is 361 g/mol. The standard InChI is InChI=1S/C19H15ClFNO2S/c1-12-9-13(6-7-17(12)20)16-3-2-8-22-19(16)14-4-5-15(11-25(23)24)18(21)10-14/h2-10H,11H2,1H3,(H,23,24)/p-1. The van der Waals surface area contributed by atoms with Crippen LogP contribution in [0, 0.1) is 12.7 Å². The van der Waals surface area contributed by atoms with E-state index in [0.29, 0.717) is 16.3 Å². The quantitative estimate of drug-likeness (QED) is 0.610. The Balaban J connectivity index is 2.08. The van der Waals surface area contributed by atoms with Crippen LogP contribution in [-0.2, 0) is 16.8 Å². The third-order valence-electron chi connectivity index (χ3n) is 3.88. The van der Waals surface area contributed by atoms with Crippen molar-refractivity contribution in [3.05, 3.63) is 76.7 Å². The number of benzene rings is 2. The van der Waals surface area contributed by atoms with E-state index in [2.05, 4.69) is 4.98 Å². The van der Waals surface area contributed by atoms with E-state index in [1.54, 1.807) is 12.3 Å². The molecule has 3 aromatic rings. The predicted octanol–water partition coefficient (Wildman–Crippen LogP) is 4.90. The first kappa shape index (κ1) is 17.7. The number of aromatic nitrogens is 1. The largest absolute Gasteiger partial charge is 0.772 e. The molecule has 0 aliphatic rings. The van der Waals surface area contributed by atoms with E-state index in [0.717, 1.165) is 16.7 Å². The molecule has 0 saturated carbocycles. The molecular formula is C19H14ClFNO2S-. The van der Waals surface area contributed by atoms with Gasteiger partial charge in [0.2, 0.25) is 0 Å². The van der Waals surface area contributed by atoms with Gasteiger partial charge in [0.15, 0.2) is 0 Å². The number of hydrogen-bond donors (Lipinski definition) is 0. The Labute approximate surface area is 152 Å². The van der Waals surface area contributed by atoms with Crippen LogP contribution < -0.4 is 0 Å². The molecule has 6 heteroatoms. The molecule has 0 N–H and O–H groups in total. The van der Waals surface area contributed by atoms with Crippen LogP contribution in [0.1, 0.15) is 11.1 Å². The van der Waals surface area contributed by atoms with Crippen molar-refractivity contribution >= 4 is 22.7 Å². The highest BCUT2D eigenvalue weighted by Gasteiger charge is 2.12. The minimum Gasteiger partial charge on any atom is -0.772 e. The summed E-state index contributed by atoms with van der Waals surface area (Å²) in [5.74, 6) is -0.914. The molecule has 1 heterocycles. The monoisotopic (exact) mass is 374 g/mol. The molecule has 0 saturated heterocycles. The first-order valence-corrected chi connectivity index (χ1v) is 9.14. The van der Waals surface area contributed by atoms with Crippen molar-refractivity contribution in [2.75, 3.05) is 0 Å². The zero-order valence-corrected chi connectivity index (χ0v) is 14.9. The SMILES string of the molecule is Cc1cc(-c2cccnc2-c2ccc(CS(=O)[O-])c(F)c2)ccc1Cl. The Kier molecular flexibility index (Phi) is 5.27. The Morgan fingerprint density at radius 1 is 1.16 bits per heavy atom. The average Bonchev–Trinajstić information content (AvgIpc) is 2.59. The van der Waals surface area contributed by atoms with Gasteiger partial charge in [-0.15, -0.1) is 0 Å². The summed E-state index contributed by atoms with van der Waals surface area (Å²) >= 11 is 3.75. The Morgan fingerprint density at radius 2 is 1.92 bits per heavy atom. The second-order valence-electron chi connectivity index (χ2n) is 5.62. The normalized spacial score (nSPS) is 12.2. The van der Waals surface area contributed by atoms with Crippen LogP contribution in [0.3, 0.4) is 0 Å². The summed E-state index contributed by atoms with van der Waals surface area (Å²) in [5, 5.41) is 0.676. The molecule has 1 aromatic heterocycles. The van der Waals surface area contributed by atoms with Gasteiger partial charge >= 0.3 is 0 Å². The van der Waals surface area contributed by atoms with Crippen LogP contribution in [0.5, 0.6) is 0 Å². The molecule has 1 atom stereocenters. The van der Waals surface area contributed by atoms with Crippen molar-refractivity contribution in [2.24, 2.45) is 0 Å². The lowest BCUT2D eigenvalue weighted by Crippen LogP contribution is -1.98. The molecule has 3 nitrogen and oxygen atoms in total. The number of halogens is 2. The van der Waals surface area contributed by atoms with E-state index < -0.39 is 16.9 Å². The van der Waals surface area contributed by atoms with Gasteiger partial charge in [0.05, 0.1) is 5.69 Å². The molecule has 1 unspecified atom stereocenters. The average molecular weight is 375 g/mol. The smallest absolute Gasteiger partial charge is 0.127 e. The molecule has 0 bridgehead atoms. The molecule has 0 aliphatic carbocycles. The maximum absolute atomic E-state index is 14.2. The Hall–Kier alpha value is -2.08. The van der Waals surface area contributed by atoms with E-state index in [9.17, 15) is 13.2 Å². The second kappa shape index (κ2) is 7.44. The van der Waals surface area contributed by atoms with E-state index in [1.165, 1.54) is 12.1 Å². The van der Waals surface area contributed by atoms with E-state index in [-0.39, 0.29) is 11.3 Å². The van der Waals surface area contributed by atoms with Gasteiger partial charge < -0.3 is 4.55 Å². The number of pyridine rings is 1. The van der Waals surface area contributed by atoms with Crippen LogP contribution in [0.4, 0.5) is 4.39 Å². The summed E-state index contributed by atoms with van der Waals surface area (Å²) < 4.78 is 35.8. The van der Waals surface area contributed by atoms with Crippen LogP contribution in [0.15, 0.2) is 54.7 Å². The van der Waals surface area contributed by atoms with Gasteiger partial charge in [-0.1, -0.05) is 46.9 Å². The number of rotatable bonds is 4. The molecule has 2 aromatic carbocycles. The summed E-state index contributed by atoms with van der Waals surface area (Å²) in [6, 6.07) is 13.9. The van der Waals surface area contributed by atoms with Crippen molar-refractivity contribution in [3.8, 4) is 22.4 Å². The predicted molar refractivity (Wildman–Crippen MR) is 97.4 cm³/mol. The molecule has 0 fully saturated rings. The molecule has 0 aliphatic heterocycles. The fraction of sp³-hybridized carbons (Fsp3) is 0.105. The van der Waals surface area contributed by atoms with E-state index >= 15 is 0 Å². The lowest BCUT2D eigenvalue weighted by atomic mass is 9.97. The van der Waals surface area contributed by atoms with Gasteiger partial charge in [0, 0.05) is 28.1 Å². The van der Waals surface area contributed by atoms with Gasteiger partial charge in [-0.3, -0.25) is 9.19 Å². The first-order valence-electron chi connectivity index (χ1n) is 7.52. The summed E-state index contributed by atoms with van der Waals surface area (Å²) in [5.41, 5.74) is 4.06. The minimum atomic E-state index is -2.34. The summed E-state index contributed by atoms with van der Waals surface area (Å²) in [7, 11) is 0. The fourth-order valence-corrected chi connectivity index (χ4v) is 3.22. The van der Waals surface area contributed by atoms with Crippen molar-refractivity contribution in [1.29, 1.82) is 0 Å². The Morgan fingerprint density at radius 3 is 2.60 bits per heavy atom. The second-order valence-corrected chi connectivity index (χ2v) is 6.92.